The normalized spacial score (nSPS) is 22.7. The molecule has 0 unspecified atom stereocenters. The first-order valence-corrected chi connectivity index (χ1v) is 13.6. The average Bonchev–Trinajstić information content (AvgIpc) is 2.83. The van der Waals surface area contributed by atoms with Crippen LogP contribution in [0, 0.1) is 5.92 Å². The second-order valence-electron chi connectivity index (χ2n) is 11.6. The lowest BCUT2D eigenvalue weighted by Crippen LogP contribution is -2.53. The lowest BCUT2D eigenvalue weighted by atomic mass is 9.93. The Hall–Kier alpha value is -1.63. The van der Waals surface area contributed by atoms with E-state index in [1.165, 1.54) is 70.6 Å². The molecule has 3 fully saturated rings. The van der Waals surface area contributed by atoms with E-state index in [4.69, 9.17) is 4.74 Å². The van der Waals surface area contributed by atoms with Crippen LogP contribution >= 0.6 is 0 Å². The number of rotatable bonds is 6. The van der Waals surface area contributed by atoms with Crippen LogP contribution in [0.15, 0.2) is 30.3 Å². The monoisotopic (exact) mass is 470 g/mol. The first kappa shape index (κ1) is 25.5. The van der Waals surface area contributed by atoms with Crippen molar-refractivity contribution in [1.82, 2.24) is 19.6 Å². The fourth-order valence-corrected chi connectivity index (χ4v) is 5.73. The predicted molar refractivity (Wildman–Crippen MR) is 138 cm³/mol. The molecule has 0 radical (unpaired) electrons. The minimum absolute atomic E-state index is 0.145. The molecule has 0 aliphatic carbocycles. The molecule has 6 nitrogen and oxygen atoms in total. The van der Waals surface area contributed by atoms with Gasteiger partial charge >= 0.3 is 6.09 Å². The van der Waals surface area contributed by atoms with Gasteiger partial charge in [0, 0.05) is 51.9 Å². The third-order valence-corrected chi connectivity index (χ3v) is 7.85. The van der Waals surface area contributed by atoms with Crippen LogP contribution in [0.4, 0.5) is 4.79 Å². The van der Waals surface area contributed by atoms with E-state index in [1.54, 1.807) is 0 Å². The number of ether oxygens (including phenoxy) is 1. The van der Waals surface area contributed by atoms with E-state index >= 15 is 0 Å². The molecule has 0 saturated carbocycles. The summed E-state index contributed by atoms with van der Waals surface area (Å²) in [6, 6.07) is 11.7. The SMILES string of the molecule is CC(C)(C)OC(=O)N1CCC(CCN2CCN(C3CCN(Cc4ccccc4)CC3)CC2)CC1. The molecule has 34 heavy (non-hydrogen) atoms. The summed E-state index contributed by atoms with van der Waals surface area (Å²) in [5.41, 5.74) is 1.03. The van der Waals surface area contributed by atoms with Gasteiger partial charge in [0.25, 0.3) is 0 Å². The van der Waals surface area contributed by atoms with E-state index in [0.717, 1.165) is 44.4 Å². The largest absolute Gasteiger partial charge is 0.444 e. The Balaban J connectivity index is 1.09. The highest BCUT2D eigenvalue weighted by atomic mass is 16.6. The van der Waals surface area contributed by atoms with Crippen molar-refractivity contribution >= 4 is 6.09 Å². The minimum atomic E-state index is -0.407. The number of amides is 1. The maximum atomic E-state index is 12.3. The molecule has 3 heterocycles. The molecule has 3 aliphatic heterocycles. The van der Waals surface area contributed by atoms with E-state index in [2.05, 4.69) is 45.0 Å². The summed E-state index contributed by atoms with van der Waals surface area (Å²) < 4.78 is 5.53. The van der Waals surface area contributed by atoms with Crippen LogP contribution in [0.3, 0.4) is 0 Å². The zero-order valence-corrected chi connectivity index (χ0v) is 21.8. The van der Waals surface area contributed by atoms with Gasteiger partial charge in [-0.25, -0.2) is 4.79 Å². The molecular formula is C28H46N4O2. The van der Waals surface area contributed by atoms with Crippen molar-refractivity contribution in [3.63, 3.8) is 0 Å². The number of carbonyl (C=O) groups is 1. The van der Waals surface area contributed by atoms with E-state index in [0.29, 0.717) is 0 Å². The topological polar surface area (TPSA) is 39.3 Å². The molecular weight excluding hydrogens is 424 g/mol. The van der Waals surface area contributed by atoms with Gasteiger partial charge in [0.1, 0.15) is 5.60 Å². The Morgan fingerprint density at radius 2 is 1.50 bits per heavy atom. The Kier molecular flexibility index (Phi) is 8.89. The van der Waals surface area contributed by atoms with Crippen molar-refractivity contribution in [1.29, 1.82) is 0 Å². The van der Waals surface area contributed by atoms with Crippen LogP contribution in [0.2, 0.25) is 0 Å². The average molecular weight is 471 g/mol. The highest BCUT2D eigenvalue weighted by molar-refractivity contribution is 5.68. The van der Waals surface area contributed by atoms with Crippen molar-refractivity contribution in [3.05, 3.63) is 35.9 Å². The number of piperazine rings is 1. The van der Waals surface area contributed by atoms with Crippen LogP contribution in [0.1, 0.15) is 58.4 Å². The van der Waals surface area contributed by atoms with Gasteiger partial charge in [-0.05, 0) is 84.0 Å². The highest BCUT2D eigenvalue weighted by Gasteiger charge is 2.29. The molecule has 6 heteroatoms. The number of carbonyl (C=O) groups excluding carboxylic acids is 1. The molecule has 0 atom stereocenters. The molecule has 0 bridgehead atoms. The number of nitrogens with zero attached hydrogens (tertiary/aromatic N) is 4. The summed E-state index contributed by atoms with van der Waals surface area (Å²) in [5.74, 6) is 0.741. The molecule has 4 rings (SSSR count). The van der Waals surface area contributed by atoms with Gasteiger partial charge in [0.05, 0.1) is 0 Å². The molecule has 3 saturated heterocycles. The summed E-state index contributed by atoms with van der Waals surface area (Å²) in [7, 11) is 0. The van der Waals surface area contributed by atoms with Crippen molar-refractivity contribution in [2.24, 2.45) is 5.92 Å². The fourth-order valence-electron chi connectivity index (χ4n) is 5.73. The van der Waals surface area contributed by atoms with Crippen LogP contribution in [-0.2, 0) is 11.3 Å². The molecule has 1 aromatic carbocycles. The Bertz CT molecular complexity index is 741. The molecule has 0 N–H and O–H groups in total. The van der Waals surface area contributed by atoms with Crippen LogP contribution < -0.4 is 0 Å². The predicted octanol–water partition coefficient (Wildman–Crippen LogP) is 4.31. The van der Waals surface area contributed by atoms with Gasteiger partial charge in [0.2, 0.25) is 0 Å². The molecule has 3 aliphatic rings. The summed E-state index contributed by atoms with van der Waals surface area (Å²) in [4.78, 5) is 22.2. The van der Waals surface area contributed by atoms with Gasteiger partial charge in [-0.2, -0.15) is 0 Å². The zero-order valence-electron chi connectivity index (χ0n) is 21.8. The van der Waals surface area contributed by atoms with Gasteiger partial charge < -0.3 is 14.5 Å². The quantitative estimate of drug-likeness (QED) is 0.620. The van der Waals surface area contributed by atoms with Gasteiger partial charge in [-0.3, -0.25) is 9.80 Å². The van der Waals surface area contributed by atoms with E-state index in [9.17, 15) is 4.79 Å². The number of hydrogen-bond donors (Lipinski definition) is 0. The Morgan fingerprint density at radius 3 is 2.12 bits per heavy atom. The van der Waals surface area contributed by atoms with Gasteiger partial charge in [-0.15, -0.1) is 0 Å². The van der Waals surface area contributed by atoms with Crippen molar-refractivity contribution in [2.75, 3.05) is 58.9 Å². The van der Waals surface area contributed by atoms with Crippen LogP contribution in [-0.4, -0.2) is 96.2 Å². The smallest absolute Gasteiger partial charge is 0.410 e. The van der Waals surface area contributed by atoms with E-state index in [-0.39, 0.29) is 6.09 Å². The summed E-state index contributed by atoms with van der Waals surface area (Å²) in [6.45, 7) is 17.1. The van der Waals surface area contributed by atoms with Gasteiger partial charge in [0.15, 0.2) is 0 Å². The summed E-state index contributed by atoms with van der Waals surface area (Å²) in [6.07, 6.45) is 5.96. The van der Waals surface area contributed by atoms with Crippen LogP contribution in [0.5, 0.6) is 0 Å². The van der Waals surface area contributed by atoms with Gasteiger partial charge in [-0.1, -0.05) is 30.3 Å². The lowest BCUT2D eigenvalue weighted by Gasteiger charge is -2.43. The first-order chi connectivity index (χ1) is 16.4. The molecule has 0 spiro atoms. The maximum absolute atomic E-state index is 12.3. The molecule has 1 amide bonds. The Labute approximate surface area is 207 Å². The number of piperidine rings is 2. The zero-order chi connectivity index (χ0) is 24.0. The fraction of sp³-hybridized carbons (Fsp3) is 0.750. The number of likely N-dealkylation sites (tertiary alicyclic amines) is 2. The van der Waals surface area contributed by atoms with Crippen molar-refractivity contribution in [2.45, 2.75) is 71.1 Å². The summed E-state index contributed by atoms with van der Waals surface area (Å²) >= 11 is 0. The Morgan fingerprint density at radius 1 is 0.853 bits per heavy atom. The van der Waals surface area contributed by atoms with Crippen molar-refractivity contribution < 1.29 is 9.53 Å². The summed E-state index contributed by atoms with van der Waals surface area (Å²) in [5, 5.41) is 0. The standard InChI is InChI=1S/C28H46N4O2/c1-28(2,3)34-27(33)32-17-10-24(11-18-32)9-14-29-19-21-31(22-20-29)26-12-15-30(16-13-26)23-25-7-5-4-6-8-25/h4-8,24,26H,9-23H2,1-3H3. The third-order valence-electron chi connectivity index (χ3n) is 7.85. The van der Waals surface area contributed by atoms with Crippen LogP contribution in [0.25, 0.3) is 0 Å². The third kappa shape index (κ3) is 7.69. The lowest BCUT2D eigenvalue weighted by molar-refractivity contribution is 0.0171. The van der Waals surface area contributed by atoms with Crippen molar-refractivity contribution in [3.8, 4) is 0 Å². The van der Waals surface area contributed by atoms with E-state index in [1.807, 2.05) is 25.7 Å². The second-order valence-corrected chi connectivity index (χ2v) is 11.6. The first-order valence-electron chi connectivity index (χ1n) is 13.6. The number of benzene rings is 1. The highest BCUT2D eigenvalue weighted by Crippen LogP contribution is 2.24. The maximum Gasteiger partial charge on any atom is 0.410 e. The second kappa shape index (κ2) is 11.9. The molecule has 190 valence electrons. The number of hydrogen-bond acceptors (Lipinski definition) is 5. The van der Waals surface area contributed by atoms with E-state index < -0.39 is 5.60 Å². The minimum Gasteiger partial charge on any atom is -0.444 e. The molecule has 1 aromatic rings. The molecule has 0 aromatic heterocycles.